The quantitative estimate of drug-likeness (QED) is 0.871. The predicted molar refractivity (Wildman–Crippen MR) is 85.1 cm³/mol. The van der Waals surface area contributed by atoms with Crippen LogP contribution < -0.4 is 10.6 Å². The predicted octanol–water partition coefficient (Wildman–Crippen LogP) is 1.80. The van der Waals surface area contributed by atoms with E-state index in [9.17, 15) is 0 Å². The second-order valence-electron chi connectivity index (χ2n) is 4.87. The van der Waals surface area contributed by atoms with Crippen LogP contribution in [0.15, 0.2) is 18.7 Å². The topological polar surface area (TPSA) is 80.5 Å². The summed E-state index contributed by atoms with van der Waals surface area (Å²) in [7, 11) is 1.80. The lowest BCUT2D eigenvalue weighted by Gasteiger charge is -2.21. The van der Waals surface area contributed by atoms with Crippen molar-refractivity contribution in [2.75, 3.05) is 30.0 Å². The van der Waals surface area contributed by atoms with E-state index in [0.717, 1.165) is 6.54 Å². The summed E-state index contributed by atoms with van der Waals surface area (Å²) in [5.74, 6) is 2.97. The van der Waals surface area contributed by atoms with E-state index in [1.54, 1.807) is 24.1 Å². The summed E-state index contributed by atoms with van der Waals surface area (Å²) in [4.78, 5) is 17.2. The molecule has 2 aromatic heterocycles. The summed E-state index contributed by atoms with van der Waals surface area (Å²) >= 11 is 2.03. The first-order chi connectivity index (χ1) is 10.3. The average molecular weight is 305 g/mol. The van der Waals surface area contributed by atoms with Crippen molar-refractivity contribution in [1.29, 1.82) is 0 Å². The monoisotopic (exact) mass is 305 g/mol. The van der Waals surface area contributed by atoms with Gasteiger partial charge in [-0.1, -0.05) is 6.42 Å². The van der Waals surface area contributed by atoms with E-state index in [-0.39, 0.29) is 0 Å². The molecule has 1 unspecified atom stereocenters. The van der Waals surface area contributed by atoms with Crippen LogP contribution in [0.25, 0.3) is 5.95 Å². The maximum atomic E-state index is 4.45. The number of nitrogens with one attached hydrogen (secondary N) is 2. The van der Waals surface area contributed by atoms with Gasteiger partial charge in [-0.25, -0.2) is 4.98 Å². The Morgan fingerprint density at radius 2 is 2.19 bits per heavy atom. The first kappa shape index (κ1) is 14.1. The highest BCUT2D eigenvalue weighted by Crippen LogP contribution is 2.25. The number of thioether (sulfide) groups is 1. The fourth-order valence-corrected chi connectivity index (χ4v) is 3.46. The molecular formula is C13H19N7S. The lowest BCUT2D eigenvalue weighted by Crippen LogP contribution is -2.21. The molecule has 0 amide bonds. The Morgan fingerprint density at radius 1 is 1.29 bits per heavy atom. The number of hydrogen-bond donors (Lipinski definition) is 2. The Kier molecular flexibility index (Phi) is 4.54. The van der Waals surface area contributed by atoms with Gasteiger partial charge in [-0.2, -0.15) is 26.7 Å². The third kappa shape index (κ3) is 3.63. The number of imidazole rings is 1. The van der Waals surface area contributed by atoms with Crippen LogP contribution in [-0.2, 0) is 0 Å². The van der Waals surface area contributed by atoms with Gasteiger partial charge in [-0.05, 0) is 18.6 Å². The van der Waals surface area contributed by atoms with Gasteiger partial charge in [0.15, 0.2) is 0 Å². The summed E-state index contributed by atoms with van der Waals surface area (Å²) in [6.07, 6.45) is 9.11. The van der Waals surface area contributed by atoms with Gasteiger partial charge in [0, 0.05) is 31.2 Å². The van der Waals surface area contributed by atoms with Crippen LogP contribution >= 0.6 is 11.8 Å². The highest BCUT2D eigenvalue weighted by Gasteiger charge is 2.14. The van der Waals surface area contributed by atoms with Crippen LogP contribution in [0.5, 0.6) is 0 Å². The molecule has 1 atom stereocenters. The SMILES string of the molecule is CNc1nc(NCC2CCCCS2)nc(-n2ccnc2)n1. The zero-order valence-electron chi connectivity index (χ0n) is 12.0. The van der Waals surface area contributed by atoms with Crippen LogP contribution in [-0.4, -0.2) is 49.1 Å². The van der Waals surface area contributed by atoms with Gasteiger partial charge in [0.1, 0.15) is 6.33 Å². The molecule has 0 aliphatic carbocycles. The van der Waals surface area contributed by atoms with E-state index < -0.39 is 0 Å². The molecule has 0 saturated carbocycles. The second-order valence-corrected chi connectivity index (χ2v) is 6.28. The highest BCUT2D eigenvalue weighted by molar-refractivity contribution is 7.99. The van der Waals surface area contributed by atoms with Gasteiger partial charge in [-0.3, -0.25) is 4.57 Å². The molecule has 1 saturated heterocycles. The van der Waals surface area contributed by atoms with Crippen molar-refractivity contribution in [3.05, 3.63) is 18.7 Å². The summed E-state index contributed by atoms with van der Waals surface area (Å²) < 4.78 is 1.77. The van der Waals surface area contributed by atoms with Crippen LogP contribution in [0.2, 0.25) is 0 Å². The van der Waals surface area contributed by atoms with Gasteiger partial charge in [0.25, 0.3) is 0 Å². The van der Waals surface area contributed by atoms with E-state index in [4.69, 9.17) is 0 Å². The van der Waals surface area contributed by atoms with Crippen LogP contribution in [0.1, 0.15) is 19.3 Å². The maximum Gasteiger partial charge on any atom is 0.241 e. The molecule has 1 fully saturated rings. The highest BCUT2D eigenvalue weighted by atomic mass is 32.2. The molecule has 0 aromatic carbocycles. The number of nitrogens with zero attached hydrogens (tertiary/aromatic N) is 5. The number of rotatable bonds is 5. The molecule has 112 valence electrons. The first-order valence-corrected chi connectivity index (χ1v) is 8.17. The van der Waals surface area contributed by atoms with Crippen molar-refractivity contribution in [2.24, 2.45) is 0 Å². The Balaban J connectivity index is 1.73. The Bertz CT molecular complexity index is 566. The molecule has 2 aromatic rings. The number of anilines is 2. The molecule has 7 nitrogen and oxygen atoms in total. The smallest absolute Gasteiger partial charge is 0.241 e. The summed E-state index contributed by atoms with van der Waals surface area (Å²) in [6.45, 7) is 0.890. The maximum absolute atomic E-state index is 4.45. The minimum Gasteiger partial charge on any atom is -0.357 e. The zero-order chi connectivity index (χ0) is 14.5. The molecule has 0 radical (unpaired) electrons. The van der Waals surface area contributed by atoms with Gasteiger partial charge in [0.2, 0.25) is 17.8 Å². The lowest BCUT2D eigenvalue weighted by atomic mass is 10.2. The minimum atomic E-state index is 0.549. The third-order valence-corrected chi connectivity index (χ3v) is 4.74. The van der Waals surface area contributed by atoms with Crippen molar-refractivity contribution >= 4 is 23.7 Å². The van der Waals surface area contributed by atoms with Crippen LogP contribution in [0.3, 0.4) is 0 Å². The van der Waals surface area contributed by atoms with E-state index in [2.05, 4.69) is 30.6 Å². The normalized spacial score (nSPS) is 18.4. The molecule has 8 heteroatoms. The zero-order valence-corrected chi connectivity index (χ0v) is 12.8. The van der Waals surface area contributed by atoms with Crippen LogP contribution in [0, 0.1) is 0 Å². The first-order valence-electron chi connectivity index (χ1n) is 7.13. The number of aromatic nitrogens is 5. The van der Waals surface area contributed by atoms with Gasteiger partial charge < -0.3 is 10.6 Å². The van der Waals surface area contributed by atoms with Crippen molar-refractivity contribution in [1.82, 2.24) is 24.5 Å². The summed E-state index contributed by atoms with van der Waals surface area (Å²) in [6, 6.07) is 0. The van der Waals surface area contributed by atoms with E-state index in [1.165, 1.54) is 25.0 Å². The Hall–Kier alpha value is -1.83. The lowest BCUT2D eigenvalue weighted by molar-refractivity contribution is 0.675. The number of hydrogen-bond acceptors (Lipinski definition) is 7. The molecule has 3 heterocycles. The molecular weight excluding hydrogens is 286 g/mol. The Morgan fingerprint density at radius 3 is 2.90 bits per heavy atom. The van der Waals surface area contributed by atoms with Gasteiger partial charge >= 0.3 is 0 Å². The third-order valence-electron chi connectivity index (χ3n) is 3.34. The fraction of sp³-hybridized carbons (Fsp3) is 0.538. The van der Waals surface area contributed by atoms with Gasteiger partial charge in [-0.15, -0.1) is 0 Å². The molecule has 21 heavy (non-hydrogen) atoms. The fourth-order valence-electron chi connectivity index (χ4n) is 2.22. The van der Waals surface area contributed by atoms with E-state index in [0.29, 0.717) is 23.1 Å². The second kappa shape index (κ2) is 6.75. The summed E-state index contributed by atoms with van der Waals surface area (Å²) in [5.41, 5.74) is 0. The molecule has 1 aliphatic rings. The molecule has 3 rings (SSSR count). The Labute approximate surface area is 128 Å². The standard InChI is InChI=1S/C13H19N7S/c1-14-11-17-12(16-8-10-4-2-3-7-21-10)19-13(18-11)20-6-5-15-9-20/h5-6,9-10H,2-4,7-8H2,1H3,(H2,14,16,17,18,19). The van der Waals surface area contributed by atoms with Gasteiger partial charge in [0.05, 0.1) is 0 Å². The minimum absolute atomic E-state index is 0.549. The molecule has 0 bridgehead atoms. The van der Waals surface area contributed by atoms with E-state index in [1.807, 2.05) is 18.0 Å². The molecule has 0 spiro atoms. The average Bonchev–Trinajstić information content (AvgIpc) is 3.08. The van der Waals surface area contributed by atoms with Crippen molar-refractivity contribution in [3.8, 4) is 5.95 Å². The largest absolute Gasteiger partial charge is 0.357 e. The summed E-state index contributed by atoms with van der Waals surface area (Å²) in [5, 5.41) is 6.94. The molecule has 1 aliphatic heterocycles. The van der Waals surface area contributed by atoms with Crippen LogP contribution in [0.4, 0.5) is 11.9 Å². The van der Waals surface area contributed by atoms with Crippen molar-refractivity contribution in [2.45, 2.75) is 24.5 Å². The van der Waals surface area contributed by atoms with Crippen molar-refractivity contribution < 1.29 is 0 Å². The van der Waals surface area contributed by atoms with E-state index >= 15 is 0 Å². The van der Waals surface area contributed by atoms with Crippen molar-refractivity contribution in [3.63, 3.8) is 0 Å². The molecule has 2 N–H and O–H groups in total.